The van der Waals surface area contributed by atoms with Gasteiger partial charge in [-0.2, -0.15) is 0 Å². The first kappa shape index (κ1) is 9.25. The summed E-state index contributed by atoms with van der Waals surface area (Å²) >= 11 is 0. The fraction of sp³-hybridized carbons (Fsp3) is 0.111. The molecule has 0 amide bonds. The highest BCUT2D eigenvalue weighted by atomic mass is 16.6. The van der Waals surface area contributed by atoms with Gasteiger partial charge in [0.05, 0.1) is 0 Å². The van der Waals surface area contributed by atoms with Crippen LogP contribution in [-0.4, -0.2) is 17.3 Å². The van der Waals surface area contributed by atoms with E-state index < -0.39 is 5.97 Å². The van der Waals surface area contributed by atoms with Crippen LogP contribution in [0.4, 0.5) is 0 Å². The predicted octanol–water partition coefficient (Wildman–Crippen LogP) is 1.27. The number of oxime groups is 1. The van der Waals surface area contributed by atoms with Crippen molar-refractivity contribution in [2.75, 3.05) is 0 Å². The molecule has 0 spiro atoms. The number of carbonyl (C=O) groups is 1. The van der Waals surface area contributed by atoms with Gasteiger partial charge < -0.3 is 9.94 Å². The quantitative estimate of drug-likeness (QED) is 0.559. The van der Waals surface area contributed by atoms with Crippen molar-refractivity contribution in [3.8, 4) is 0 Å². The molecule has 1 aromatic carbocycles. The molecule has 0 saturated heterocycles. The van der Waals surface area contributed by atoms with Crippen molar-refractivity contribution >= 4 is 12.2 Å². The first-order valence-corrected chi connectivity index (χ1v) is 3.71. The molecule has 0 fully saturated rings. The van der Waals surface area contributed by atoms with Gasteiger partial charge in [0.2, 0.25) is 0 Å². The van der Waals surface area contributed by atoms with Gasteiger partial charge in [0.15, 0.2) is 6.21 Å². The molecule has 0 atom stereocenters. The van der Waals surface area contributed by atoms with E-state index >= 15 is 0 Å². The first-order valence-electron chi connectivity index (χ1n) is 3.71. The summed E-state index contributed by atoms with van der Waals surface area (Å²) in [4.78, 5) is 14.7. The van der Waals surface area contributed by atoms with Gasteiger partial charge in [0, 0.05) is 0 Å². The summed E-state index contributed by atoms with van der Waals surface area (Å²) in [7, 11) is 0. The second kappa shape index (κ2) is 4.92. The monoisotopic (exact) mass is 179 g/mol. The molecule has 68 valence electrons. The van der Waals surface area contributed by atoms with Crippen LogP contribution < -0.4 is 0 Å². The molecule has 0 aliphatic heterocycles. The highest BCUT2D eigenvalue weighted by Crippen LogP contribution is 1.99. The van der Waals surface area contributed by atoms with Crippen LogP contribution in [0.15, 0.2) is 35.5 Å². The molecule has 1 rings (SSSR count). The maximum Gasteiger partial charge on any atom is 0.350 e. The molecule has 1 aromatic rings. The Balaban J connectivity index is 2.32. The molecule has 0 saturated carbocycles. The summed E-state index contributed by atoms with van der Waals surface area (Å²) in [6.07, 6.45) is 0.711. The summed E-state index contributed by atoms with van der Waals surface area (Å²) in [5.41, 5.74) is 0.949. The van der Waals surface area contributed by atoms with Crippen LogP contribution in [0.25, 0.3) is 0 Å². The molecule has 0 aromatic heterocycles. The largest absolute Gasteiger partial charge is 0.477 e. The van der Waals surface area contributed by atoms with Crippen LogP contribution in [-0.2, 0) is 16.2 Å². The number of hydrogen-bond acceptors (Lipinski definition) is 3. The van der Waals surface area contributed by atoms with Gasteiger partial charge in [0.1, 0.15) is 6.61 Å². The molecule has 4 heteroatoms. The minimum Gasteiger partial charge on any atom is -0.477 e. The molecule has 0 unspecified atom stereocenters. The minimum absolute atomic E-state index is 0.282. The maximum absolute atomic E-state index is 9.98. The summed E-state index contributed by atoms with van der Waals surface area (Å²) in [6.45, 7) is 0.282. The zero-order chi connectivity index (χ0) is 9.52. The number of carboxylic acids is 1. The van der Waals surface area contributed by atoms with Crippen LogP contribution in [0.5, 0.6) is 0 Å². The van der Waals surface area contributed by atoms with E-state index in [1.54, 1.807) is 0 Å². The molecule has 0 aliphatic rings. The maximum atomic E-state index is 9.98. The lowest BCUT2D eigenvalue weighted by molar-refractivity contribution is -0.129. The van der Waals surface area contributed by atoms with E-state index in [4.69, 9.17) is 9.94 Å². The molecular formula is C9H9NO3. The second-order valence-corrected chi connectivity index (χ2v) is 2.33. The zero-order valence-corrected chi connectivity index (χ0v) is 6.88. The predicted molar refractivity (Wildman–Crippen MR) is 47.4 cm³/mol. The highest BCUT2D eigenvalue weighted by Gasteiger charge is 1.90. The van der Waals surface area contributed by atoms with E-state index in [1.807, 2.05) is 30.3 Å². The van der Waals surface area contributed by atoms with E-state index in [0.29, 0.717) is 6.21 Å². The lowest BCUT2D eigenvalue weighted by Gasteiger charge is -1.97. The Morgan fingerprint density at radius 3 is 2.77 bits per heavy atom. The second-order valence-electron chi connectivity index (χ2n) is 2.33. The Kier molecular flexibility index (Phi) is 3.50. The Labute approximate surface area is 75.4 Å². The van der Waals surface area contributed by atoms with Gasteiger partial charge in [-0.1, -0.05) is 35.5 Å². The average Bonchev–Trinajstić information content (AvgIpc) is 2.14. The van der Waals surface area contributed by atoms with Crippen molar-refractivity contribution in [3.63, 3.8) is 0 Å². The highest BCUT2D eigenvalue weighted by molar-refractivity contribution is 6.21. The van der Waals surface area contributed by atoms with Crippen LogP contribution >= 0.6 is 0 Å². The number of nitrogens with zero attached hydrogens (tertiary/aromatic N) is 1. The molecule has 4 nitrogen and oxygen atoms in total. The number of aliphatic carboxylic acids is 1. The molecule has 1 N–H and O–H groups in total. The average molecular weight is 179 g/mol. The topological polar surface area (TPSA) is 58.9 Å². The SMILES string of the molecule is O=C(O)/C=N\OCc1ccccc1. The fourth-order valence-electron chi connectivity index (χ4n) is 0.768. The lowest BCUT2D eigenvalue weighted by atomic mass is 10.2. The Morgan fingerprint density at radius 1 is 1.46 bits per heavy atom. The summed E-state index contributed by atoms with van der Waals surface area (Å²) in [5, 5.41) is 11.4. The number of hydrogen-bond donors (Lipinski definition) is 1. The van der Waals surface area contributed by atoms with Gasteiger partial charge in [-0.25, -0.2) is 4.79 Å². The minimum atomic E-state index is -1.12. The van der Waals surface area contributed by atoms with Crippen LogP contribution in [0.3, 0.4) is 0 Å². The molecule has 0 radical (unpaired) electrons. The van der Waals surface area contributed by atoms with Crippen LogP contribution in [0, 0.1) is 0 Å². The molecule has 0 aliphatic carbocycles. The Bertz CT molecular complexity index is 295. The van der Waals surface area contributed by atoms with Crippen molar-refractivity contribution in [1.82, 2.24) is 0 Å². The fourth-order valence-corrected chi connectivity index (χ4v) is 0.768. The van der Waals surface area contributed by atoms with Gasteiger partial charge >= 0.3 is 5.97 Å². The third-order valence-electron chi connectivity index (χ3n) is 1.31. The number of benzene rings is 1. The van der Waals surface area contributed by atoms with Crippen molar-refractivity contribution in [2.24, 2.45) is 5.16 Å². The zero-order valence-electron chi connectivity index (χ0n) is 6.88. The molecule has 0 bridgehead atoms. The lowest BCUT2D eigenvalue weighted by Crippen LogP contribution is -1.96. The van der Waals surface area contributed by atoms with Crippen LogP contribution in [0.1, 0.15) is 5.56 Å². The van der Waals surface area contributed by atoms with E-state index in [2.05, 4.69) is 5.16 Å². The van der Waals surface area contributed by atoms with E-state index in [0.717, 1.165) is 5.56 Å². The number of carboxylic acid groups (broad SMARTS) is 1. The normalized spacial score (nSPS) is 10.2. The van der Waals surface area contributed by atoms with Crippen molar-refractivity contribution in [3.05, 3.63) is 35.9 Å². The van der Waals surface area contributed by atoms with Crippen molar-refractivity contribution < 1.29 is 14.7 Å². The Hall–Kier alpha value is -1.84. The van der Waals surface area contributed by atoms with Crippen LogP contribution in [0.2, 0.25) is 0 Å². The molecule has 0 heterocycles. The third kappa shape index (κ3) is 3.91. The smallest absolute Gasteiger partial charge is 0.350 e. The summed E-state index contributed by atoms with van der Waals surface area (Å²) < 4.78 is 0. The summed E-state index contributed by atoms with van der Waals surface area (Å²) in [6, 6.07) is 9.38. The van der Waals surface area contributed by atoms with E-state index in [9.17, 15) is 4.79 Å². The van der Waals surface area contributed by atoms with Crippen molar-refractivity contribution in [1.29, 1.82) is 0 Å². The Morgan fingerprint density at radius 2 is 2.15 bits per heavy atom. The molecular weight excluding hydrogens is 170 g/mol. The number of rotatable bonds is 4. The van der Waals surface area contributed by atoms with Crippen molar-refractivity contribution in [2.45, 2.75) is 6.61 Å². The molecule has 13 heavy (non-hydrogen) atoms. The van der Waals surface area contributed by atoms with E-state index in [1.165, 1.54) is 0 Å². The van der Waals surface area contributed by atoms with E-state index in [-0.39, 0.29) is 6.61 Å². The van der Waals surface area contributed by atoms with Gasteiger partial charge in [-0.05, 0) is 5.56 Å². The van der Waals surface area contributed by atoms with Gasteiger partial charge in [0.25, 0.3) is 0 Å². The van der Waals surface area contributed by atoms with Gasteiger partial charge in [-0.15, -0.1) is 0 Å². The third-order valence-corrected chi connectivity index (χ3v) is 1.31. The summed E-state index contributed by atoms with van der Waals surface area (Å²) in [5.74, 6) is -1.12. The first-order chi connectivity index (χ1) is 6.29. The van der Waals surface area contributed by atoms with Gasteiger partial charge in [-0.3, -0.25) is 0 Å². The standard InChI is InChI=1S/C9H9NO3/c11-9(12)6-10-13-7-8-4-2-1-3-5-8/h1-6H,7H2,(H,11,12)/b10-6-.